The summed E-state index contributed by atoms with van der Waals surface area (Å²) in [4.78, 5) is 4.27. The molecule has 1 atom stereocenters. The van der Waals surface area contributed by atoms with Crippen molar-refractivity contribution in [3.8, 4) is 0 Å². The monoisotopic (exact) mass is 194 g/mol. The van der Waals surface area contributed by atoms with Gasteiger partial charge in [0.15, 0.2) is 0 Å². The fraction of sp³-hybridized carbons (Fsp3) is 0.545. The van der Waals surface area contributed by atoms with Gasteiger partial charge in [-0.25, -0.2) is 0 Å². The van der Waals surface area contributed by atoms with E-state index in [4.69, 9.17) is 10.8 Å². The second-order valence-corrected chi connectivity index (χ2v) is 3.53. The second kappa shape index (κ2) is 5.73. The minimum atomic E-state index is 0.00255. The highest BCUT2D eigenvalue weighted by Gasteiger charge is 2.08. The summed E-state index contributed by atoms with van der Waals surface area (Å²) in [6.45, 7) is 2.27. The molecule has 0 aromatic carbocycles. The van der Waals surface area contributed by atoms with Crippen LogP contribution in [0, 0.1) is 6.92 Å². The van der Waals surface area contributed by atoms with Crippen LogP contribution in [0.5, 0.6) is 0 Å². The third kappa shape index (κ3) is 3.09. The lowest BCUT2D eigenvalue weighted by Gasteiger charge is -2.12. The average molecular weight is 194 g/mol. The Balaban J connectivity index is 2.51. The van der Waals surface area contributed by atoms with Gasteiger partial charge in [0.2, 0.25) is 0 Å². The number of aryl methyl sites for hydroxylation is 1. The van der Waals surface area contributed by atoms with Gasteiger partial charge < -0.3 is 10.8 Å². The summed E-state index contributed by atoms with van der Waals surface area (Å²) in [5, 5.41) is 8.65. The second-order valence-electron chi connectivity index (χ2n) is 3.53. The fourth-order valence-electron chi connectivity index (χ4n) is 1.50. The number of aliphatic hydroxyl groups excluding tert-OH is 1. The van der Waals surface area contributed by atoms with Gasteiger partial charge in [0.1, 0.15) is 0 Å². The molecule has 0 amide bonds. The van der Waals surface area contributed by atoms with Crippen molar-refractivity contribution in [2.24, 2.45) is 5.73 Å². The zero-order valence-electron chi connectivity index (χ0n) is 8.61. The molecule has 3 heteroatoms. The summed E-state index contributed by atoms with van der Waals surface area (Å²) in [5.41, 5.74) is 8.11. The lowest BCUT2D eigenvalue weighted by molar-refractivity contribution is 0.281. The molecular weight excluding hydrogens is 176 g/mol. The molecule has 0 unspecified atom stereocenters. The van der Waals surface area contributed by atoms with E-state index >= 15 is 0 Å². The van der Waals surface area contributed by atoms with Gasteiger partial charge in [-0.05, 0) is 37.8 Å². The lowest BCUT2D eigenvalue weighted by atomic mass is 10.0. The summed E-state index contributed by atoms with van der Waals surface area (Å²) in [6.07, 6.45) is 4.43. The third-order valence-electron chi connectivity index (χ3n) is 2.32. The van der Waals surface area contributed by atoms with Crippen molar-refractivity contribution in [1.29, 1.82) is 0 Å². The van der Waals surface area contributed by atoms with Crippen LogP contribution in [-0.2, 0) is 0 Å². The molecule has 1 aromatic rings. The highest BCUT2D eigenvalue weighted by atomic mass is 16.2. The zero-order chi connectivity index (χ0) is 10.4. The first-order chi connectivity index (χ1) is 6.75. The number of pyridine rings is 1. The number of unbranched alkanes of at least 4 members (excludes halogenated alkanes) is 1. The van der Waals surface area contributed by atoms with E-state index < -0.39 is 0 Å². The molecule has 3 N–H and O–H groups in total. The van der Waals surface area contributed by atoms with Gasteiger partial charge in [-0.15, -0.1) is 0 Å². The molecule has 0 saturated heterocycles. The van der Waals surface area contributed by atoms with Crippen LogP contribution in [0.15, 0.2) is 18.3 Å². The zero-order valence-corrected chi connectivity index (χ0v) is 8.61. The van der Waals surface area contributed by atoms with E-state index in [2.05, 4.69) is 4.98 Å². The number of nitrogens with zero attached hydrogens (tertiary/aromatic N) is 1. The number of hydrogen-bond donors (Lipinski definition) is 2. The van der Waals surface area contributed by atoms with E-state index in [1.54, 1.807) is 6.20 Å². The fourth-order valence-corrected chi connectivity index (χ4v) is 1.50. The quantitative estimate of drug-likeness (QED) is 0.699. The molecule has 78 valence electrons. The van der Waals surface area contributed by atoms with Crippen LogP contribution in [0.2, 0.25) is 0 Å². The molecular formula is C11H18N2O. The Hall–Kier alpha value is -0.930. The topological polar surface area (TPSA) is 59.1 Å². The molecule has 1 aromatic heterocycles. The summed E-state index contributed by atoms with van der Waals surface area (Å²) in [6, 6.07) is 3.94. The van der Waals surface area contributed by atoms with Crippen molar-refractivity contribution >= 4 is 0 Å². The summed E-state index contributed by atoms with van der Waals surface area (Å²) in [7, 11) is 0. The Morgan fingerprint density at radius 1 is 1.50 bits per heavy atom. The summed E-state index contributed by atoms with van der Waals surface area (Å²) >= 11 is 0. The van der Waals surface area contributed by atoms with Crippen molar-refractivity contribution in [3.05, 3.63) is 29.6 Å². The van der Waals surface area contributed by atoms with Gasteiger partial charge in [-0.2, -0.15) is 0 Å². The van der Waals surface area contributed by atoms with Gasteiger partial charge in [-0.1, -0.05) is 6.07 Å². The first kappa shape index (κ1) is 11.1. The summed E-state index contributed by atoms with van der Waals surface area (Å²) < 4.78 is 0. The average Bonchev–Trinajstić information content (AvgIpc) is 2.18. The van der Waals surface area contributed by atoms with Crippen molar-refractivity contribution < 1.29 is 5.11 Å². The van der Waals surface area contributed by atoms with Gasteiger partial charge in [-0.3, -0.25) is 4.98 Å². The Morgan fingerprint density at radius 3 is 2.93 bits per heavy atom. The normalized spacial score (nSPS) is 12.8. The maximum absolute atomic E-state index is 8.65. The number of nitrogens with two attached hydrogens (primary N) is 1. The van der Waals surface area contributed by atoms with E-state index in [0.717, 1.165) is 30.5 Å². The van der Waals surface area contributed by atoms with Crippen LogP contribution in [-0.4, -0.2) is 16.7 Å². The first-order valence-electron chi connectivity index (χ1n) is 5.03. The number of hydrogen-bond acceptors (Lipinski definition) is 3. The highest BCUT2D eigenvalue weighted by molar-refractivity contribution is 5.20. The number of aromatic nitrogens is 1. The largest absolute Gasteiger partial charge is 0.396 e. The Kier molecular flexibility index (Phi) is 4.56. The molecule has 0 bridgehead atoms. The maximum Gasteiger partial charge on any atom is 0.0600 e. The van der Waals surface area contributed by atoms with Gasteiger partial charge in [0.05, 0.1) is 5.69 Å². The van der Waals surface area contributed by atoms with Gasteiger partial charge in [0.25, 0.3) is 0 Å². The van der Waals surface area contributed by atoms with Crippen molar-refractivity contribution in [2.75, 3.05) is 6.61 Å². The highest BCUT2D eigenvalue weighted by Crippen LogP contribution is 2.17. The van der Waals surface area contributed by atoms with Crippen LogP contribution in [0.4, 0.5) is 0 Å². The van der Waals surface area contributed by atoms with Crippen molar-refractivity contribution in [2.45, 2.75) is 32.2 Å². The van der Waals surface area contributed by atoms with E-state index in [0.29, 0.717) is 0 Å². The van der Waals surface area contributed by atoms with Crippen molar-refractivity contribution in [3.63, 3.8) is 0 Å². The van der Waals surface area contributed by atoms with E-state index in [1.807, 2.05) is 19.1 Å². The molecule has 3 nitrogen and oxygen atoms in total. The number of aliphatic hydroxyl groups is 1. The Morgan fingerprint density at radius 2 is 2.29 bits per heavy atom. The standard InChI is InChI=1S/C11H18N2O/c1-9-5-4-7-13-11(9)10(12)6-2-3-8-14/h4-5,7,10,14H,2-3,6,8,12H2,1H3/t10-/m1/s1. The Bertz CT molecular complexity index is 276. The molecule has 1 rings (SSSR count). The molecule has 0 fully saturated rings. The molecule has 1 heterocycles. The SMILES string of the molecule is Cc1cccnc1[C@H](N)CCCCO. The van der Waals surface area contributed by atoms with Gasteiger partial charge in [0, 0.05) is 18.8 Å². The van der Waals surface area contributed by atoms with Crippen LogP contribution < -0.4 is 5.73 Å². The van der Waals surface area contributed by atoms with Crippen LogP contribution >= 0.6 is 0 Å². The van der Waals surface area contributed by atoms with E-state index in [1.165, 1.54) is 0 Å². The lowest BCUT2D eigenvalue weighted by Crippen LogP contribution is -2.13. The minimum absolute atomic E-state index is 0.00255. The molecule has 0 aliphatic carbocycles. The Labute approximate surface area is 85.0 Å². The first-order valence-corrected chi connectivity index (χ1v) is 5.03. The smallest absolute Gasteiger partial charge is 0.0600 e. The molecule has 14 heavy (non-hydrogen) atoms. The maximum atomic E-state index is 8.65. The predicted molar refractivity (Wildman–Crippen MR) is 56.8 cm³/mol. The molecule has 0 radical (unpaired) electrons. The van der Waals surface area contributed by atoms with Crippen molar-refractivity contribution in [1.82, 2.24) is 4.98 Å². The van der Waals surface area contributed by atoms with E-state index in [-0.39, 0.29) is 12.6 Å². The molecule has 0 spiro atoms. The molecule has 0 saturated carbocycles. The third-order valence-corrected chi connectivity index (χ3v) is 2.32. The van der Waals surface area contributed by atoms with Crippen LogP contribution in [0.25, 0.3) is 0 Å². The number of rotatable bonds is 5. The van der Waals surface area contributed by atoms with Crippen LogP contribution in [0.1, 0.15) is 36.6 Å². The molecule has 0 aliphatic rings. The minimum Gasteiger partial charge on any atom is -0.396 e. The summed E-state index contributed by atoms with van der Waals surface area (Å²) in [5.74, 6) is 0. The molecule has 0 aliphatic heterocycles. The predicted octanol–water partition coefficient (Wildman–Crippen LogP) is 1.55. The van der Waals surface area contributed by atoms with E-state index in [9.17, 15) is 0 Å². The van der Waals surface area contributed by atoms with Gasteiger partial charge >= 0.3 is 0 Å². The van der Waals surface area contributed by atoms with Crippen LogP contribution in [0.3, 0.4) is 0 Å².